The molecule has 1 heterocycles. The number of esters is 2. The van der Waals surface area contributed by atoms with Crippen LogP contribution in [0.15, 0.2) is 0 Å². The van der Waals surface area contributed by atoms with Crippen LogP contribution in [-0.4, -0.2) is 47.6 Å². The van der Waals surface area contributed by atoms with Crippen molar-refractivity contribution in [2.75, 3.05) is 20.0 Å². The van der Waals surface area contributed by atoms with Crippen LogP contribution >= 0.6 is 0 Å². The lowest BCUT2D eigenvalue weighted by atomic mass is 10.2. The number of nitrogens with two attached hydrogens (primary N) is 1. The molecular weight excluding hydrogens is 282 g/mol. The molecule has 1 rings (SSSR count). The van der Waals surface area contributed by atoms with Crippen molar-refractivity contribution in [2.24, 2.45) is 0 Å². The Labute approximate surface area is 120 Å². The van der Waals surface area contributed by atoms with Gasteiger partial charge in [-0.3, -0.25) is 0 Å². The van der Waals surface area contributed by atoms with Gasteiger partial charge in [0.15, 0.2) is 11.4 Å². The molecule has 9 nitrogen and oxygen atoms in total. The summed E-state index contributed by atoms with van der Waals surface area (Å²) in [5, 5.41) is 3.68. The van der Waals surface area contributed by atoms with Crippen LogP contribution in [0.2, 0.25) is 0 Å². The predicted molar refractivity (Wildman–Crippen MR) is 71.0 cm³/mol. The van der Waals surface area contributed by atoms with E-state index in [2.05, 4.69) is 14.6 Å². The van der Waals surface area contributed by atoms with Gasteiger partial charge in [0, 0.05) is 0 Å². The lowest BCUT2D eigenvalue weighted by Crippen LogP contribution is -2.30. The average molecular weight is 299 g/mol. The van der Waals surface area contributed by atoms with Crippen LogP contribution in [0.5, 0.6) is 0 Å². The molecule has 0 atom stereocenters. The van der Waals surface area contributed by atoms with Gasteiger partial charge in [-0.1, -0.05) is 0 Å². The summed E-state index contributed by atoms with van der Waals surface area (Å²) in [6.07, 6.45) is -0.968. The Morgan fingerprint density at radius 2 is 1.62 bits per heavy atom. The first kappa shape index (κ1) is 16.5. The molecule has 9 heteroatoms. The largest absolute Gasteiger partial charge is 0.464 e. The van der Waals surface area contributed by atoms with Gasteiger partial charge >= 0.3 is 18.0 Å². The number of rotatable bonds is 2. The van der Waals surface area contributed by atoms with Gasteiger partial charge in [0.1, 0.15) is 11.3 Å². The fourth-order valence-corrected chi connectivity index (χ4v) is 1.41. The number of carbonyl (C=O) groups excluding carboxylic acids is 3. The normalized spacial score (nSPS) is 10.9. The molecule has 0 spiro atoms. The summed E-state index contributed by atoms with van der Waals surface area (Å²) in [7, 11) is 2.22. The van der Waals surface area contributed by atoms with Crippen LogP contribution in [0.4, 0.5) is 10.5 Å². The molecule has 0 saturated carbocycles. The van der Waals surface area contributed by atoms with Crippen LogP contribution in [0, 0.1) is 0 Å². The number of methoxy groups -OCH3 is 2. The molecule has 0 saturated heterocycles. The van der Waals surface area contributed by atoms with E-state index >= 15 is 0 Å². The molecule has 0 aromatic carbocycles. The summed E-state index contributed by atoms with van der Waals surface area (Å²) in [5.74, 6) is -1.82. The van der Waals surface area contributed by atoms with Gasteiger partial charge in [0.05, 0.1) is 14.2 Å². The van der Waals surface area contributed by atoms with Crippen LogP contribution in [0.1, 0.15) is 41.7 Å². The van der Waals surface area contributed by atoms with Crippen molar-refractivity contribution in [2.45, 2.75) is 26.4 Å². The van der Waals surface area contributed by atoms with Crippen molar-refractivity contribution in [3.63, 3.8) is 0 Å². The van der Waals surface area contributed by atoms with E-state index in [-0.39, 0.29) is 11.4 Å². The van der Waals surface area contributed by atoms with Crippen LogP contribution in [-0.2, 0) is 14.2 Å². The fraction of sp³-hybridized carbons (Fsp3) is 0.500. The quantitative estimate of drug-likeness (QED) is 0.629. The highest BCUT2D eigenvalue weighted by atomic mass is 16.6. The third kappa shape index (κ3) is 3.50. The summed E-state index contributed by atoms with van der Waals surface area (Å²) >= 11 is 0. The summed E-state index contributed by atoms with van der Waals surface area (Å²) in [5.41, 5.74) is 3.76. The van der Waals surface area contributed by atoms with Gasteiger partial charge in [-0.2, -0.15) is 9.78 Å². The van der Waals surface area contributed by atoms with Crippen LogP contribution in [0.25, 0.3) is 0 Å². The zero-order valence-corrected chi connectivity index (χ0v) is 12.4. The number of hydrogen-bond acceptors (Lipinski definition) is 8. The van der Waals surface area contributed by atoms with E-state index in [0.29, 0.717) is 4.68 Å². The highest BCUT2D eigenvalue weighted by Crippen LogP contribution is 2.20. The number of nitrogen functional groups attached to an aromatic ring is 1. The molecular formula is C12H17N3O6. The number of hydrogen-bond donors (Lipinski definition) is 1. The Kier molecular flexibility index (Phi) is 4.56. The van der Waals surface area contributed by atoms with Crippen molar-refractivity contribution in [3.8, 4) is 0 Å². The van der Waals surface area contributed by atoms with Crippen molar-refractivity contribution in [1.82, 2.24) is 9.78 Å². The Morgan fingerprint density at radius 3 is 2.05 bits per heavy atom. The molecule has 0 aliphatic carbocycles. The summed E-state index contributed by atoms with van der Waals surface area (Å²) in [6, 6.07) is 0. The van der Waals surface area contributed by atoms with Crippen molar-refractivity contribution < 1.29 is 28.6 Å². The molecule has 21 heavy (non-hydrogen) atoms. The van der Waals surface area contributed by atoms with E-state index in [9.17, 15) is 14.4 Å². The fourth-order valence-electron chi connectivity index (χ4n) is 1.41. The third-order valence-corrected chi connectivity index (χ3v) is 2.25. The molecule has 0 radical (unpaired) electrons. The van der Waals surface area contributed by atoms with Crippen LogP contribution < -0.4 is 5.73 Å². The lowest BCUT2D eigenvalue weighted by molar-refractivity contribution is 0.0461. The van der Waals surface area contributed by atoms with Gasteiger partial charge in [-0.25, -0.2) is 14.4 Å². The number of aromatic nitrogens is 2. The maximum absolute atomic E-state index is 12.0. The molecule has 0 fully saturated rings. The highest BCUT2D eigenvalue weighted by Gasteiger charge is 2.31. The smallest absolute Gasteiger partial charge is 0.436 e. The topological polar surface area (TPSA) is 123 Å². The molecule has 0 bridgehead atoms. The Balaban J connectivity index is 3.39. The van der Waals surface area contributed by atoms with Crippen molar-refractivity contribution >= 4 is 23.7 Å². The zero-order chi connectivity index (χ0) is 16.4. The number of ether oxygens (including phenoxy) is 3. The summed E-state index contributed by atoms with van der Waals surface area (Å²) in [6.45, 7) is 4.91. The average Bonchev–Trinajstić information content (AvgIpc) is 2.73. The maximum Gasteiger partial charge on any atom is 0.436 e. The predicted octanol–water partition coefficient (Wildman–Crippen LogP) is 0.822. The van der Waals surface area contributed by atoms with E-state index in [1.54, 1.807) is 20.8 Å². The van der Waals surface area contributed by atoms with Gasteiger partial charge in [-0.05, 0) is 20.8 Å². The monoisotopic (exact) mass is 299 g/mol. The first-order valence-corrected chi connectivity index (χ1v) is 5.90. The summed E-state index contributed by atoms with van der Waals surface area (Å²) in [4.78, 5) is 35.3. The highest BCUT2D eigenvalue weighted by molar-refractivity contribution is 6.03. The molecule has 1 aromatic heterocycles. The Bertz CT molecular complexity index is 585. The van der Waals surface area contributed by atoms with E-state index < -0.39 is 29.3 Å². The van der Waals surface area contributed by atoms with E-state index in [4.69, 9.17) is 10.5 Å². The standard InChI is InChI=1S/C12H17N3O6/c1-12(2,3)21-11(18)15-8(10(17)20-5)6(13)7(14-15)9(16)19-4/h13H2,1-5H3. The van der Waals surface area contributed by atoms with Crippen LogP contribution in [0.3, 0.4) is 0 Å². The van der Waals surface area contributed by atoms with E-state index in [0.717, 1.165) is 14.2 Å². The van der Waals surface area contributed by atoms with Gasteiger partial charge in [-0.15, -0.1) is 0 Å². The molecule has 116 valence electrons. The molecule has 0 aliphatic heterocycles. The first-order chi connectivity index (χ1) is 9.62. The second-order valence-corrected chi connectivity index (χ2v) is 4.99. The molecule has 1 aromatic rings. The third-order valence-electron chi connectivity index (χ3n) is 2.25. The molecule has 0 unspecified atom stereocenters. The van der Waals surface area contributed by atoms with E-state index in [1.165, 1.54) is 0 Å². The van der Waals surface area contributed by atoms with Crippen molar-refractivity contribution in [1.29, 1.82) is 0 Å². The lowest BCUT2D eigenvalue weighted by Gasteiger charge is -2.19. The molecule has 0 amide bonds. The SMILES string of the molecule is COC(=O)c1nn(C(=O)OC(C)(C)C)c(C(=O)OC)c1N. The second-order valence-electron chi connectivity index (χ2n) is 4.99. The molecule has 0 aliphatic rings. The van der Waals surface area contributed by atoms with Crippen molar-refractivity contribution in [3.05, 3.63) is 11.4 Å². The van der Waals surface area contributed by atoms with Gasteiger partial charge in [0.25, 0.3) is 0 Å². The van der Waals surface area contributed by atoms with Gasteiger partial charge < -0.3 is 19.9 Å². The minimum absolute atomic E-state index is 0.320. The summed E-state index contributed by atoms with van der Waals surface area (Å²) < 4.78 is 14.7. The minimum Gasteiger partial charge on any atom is -0.464 e. The maximum atomic E-state index is 12.0. The first-order valence-electron chi connectivity index (χ1n) is 5.90. The number of nitrogens with zero attached hydrogens (tertiary/aromatic N) is 2. The van der Waals surface area contributed by atoms with E-state index in [1.807, 2.05) is 0 Å². The Hall–Kier alpha value is -2.58. The minimum atomic E-state index is -0.968. The second kappa shape index (κ2) is 5.81. The number of carbonyl (C=O) groups is 3. The number of anilines is 1. The van der Waals surface area contributed by atoms with Gasteiger partial charge in [0.2, 0.25) is 0 Å². The Morgan fingerprint density at radius 1 is 1.10 bits per heavy atom. The molecule has 2 N–H and O–H groups in total. The zero-order valence-electron chi connectivity index (χ0n) is 12.4.